The molecule has 0 saturated heterocycles. The molecule has 0 aliphatic heterocycles. The summed E-state index contributed by atoms with van der Waals surface area (Å²) >= 11 is 0. The van der Waals surface area contributed by atoms with Crippen LogP contribution in [-0.2, 0) is 0 Å². The van der Waals surface area contributed by atoms with Crippen LogP contribution in [0.15, 0.2) is 0 Å². The van der Waals surface area contributed by atoms with Gasteiger partial charge in [-0.25, -0.2) is 0 Å². The molecule has 14 heavy (non-hydrogen) atoms. The number of nitrogens with one attached hydrogen (secondary N) is 1. The molecule has 0 aromatic rings. The Labute approximate surface area is 89.7 Å². The third kappa shape index (κ3) is 3.27. The fourth-order valence-electron chi connectivity index (χ4n) is 2.33. The molecule has 0 bridgehead atoms. The Hall–Kier alpha value is -0.0400. The van der Waals surface area contributed by atoms with E-state index in [1.54, 1.807) is 0 Å². The number of hydrogen-bond acceptors (Lipinski definition) is 1. The first-order valence-corrected chi connectivity index (χ1v) is 5.93. The fourth-order valence-corrected chi connectivity index (χ4v) is 2.33. The first-order chi connectivity index (χ1) is 6.26. The molecule has 0 heterocycles. The van der Waals surface area contributed by atoms with Crippen molar-refractivity contribution in [1.82, 2.24) is 5.32 Å². The van der Waals surface area contributed by atoms with E-state index in [1.807, 2.05) is 0 Å². The lowest BCUT2D eigenvalue weighted by Crippen LogP contribution is -2.30. The molecule has 1 N–H and O–H groups in total. The molecule has 2 atom stereocenters. The summed E-state index contributed by atoms with van der Waals surface area (Å²) in [6.45, 7) is 11.8. The second-order valence-corrected chi connectivity index (χ2v) is 6.79. The van der Waals surface area contributed by atoms with Gasteiger partial charge in [-0.1, -0.05) is 34.6 Å². The molecule has 1 saturated carbocycles. The van der Waals surface area contributed by atoms with Gasteiger partial charge in [0.15, 0.2) is 0 Å². The molecule has 84 valence electrons. The van der Waals surface area contributed by atoms with Crippen molar-refractivity contribution in [3.63, 3.8) is 0 Å². The van der Waals surface area contributed by atoms with E-state index in [4.69, 9.17) is 0 Å². The summed E-state index contributed by atoms with van der Waals surface area (Å²) in [5, 5.41) is 3.49. The number of hydrogen-bond donors (Lipinski definition) is 1. The minimum Gasteiger partial charge on any atom is -0.317 e. The van der Waals surface area contributed by atoms with Gasteiger partial charge < -0.3 is 5.32 Å². The van der Waals surface area contributed by atoms with Gasteiger partial charge in [-0.15, -0.1) is 0 Å². The van der Waals surface area contributed by atoms with Crippen LogP contribution in [-0.4, -0.2) is 13.1 Å². The van der Waals surface area contributed by atoms with E-state index in [1.165, 1.54) is 19.3 Å². The first-order valence-electron chi connectivity index (χ1n) is 5.93. The second-order valence-electron chi connectivity index (χ2n) is 6.79. The molecule has 1 rings (SSSR count). The van der Waals surface area contributed by atoms with Gasteiger partial charge in [0.1, 0.15) is 0 Å². The minimum absolute atomic E-state index is 0.480. The third-order valence-corrected chi connectivity index (χ3v) is 3.65. The van der Waals surface area contributed by atoms with E-state index < -0.39 is 0 Å². The highest BCUT2D eigenvalue weighted by Gasteiger charge is 2.49. The molecule has 1 aliphatic carbocycles. The largest absolute Gasteiger partial charge is 0.317 e. The lowest BCUT2D eigenvalue weighted by Gasteiger charge is -2.24. The summed E-state index contributed by atoms with van der Waals surface area (Å²) in [6, 6.07) is 0.740. The van der Waals surface area contributed by atoms with Crippen LogP contribution in [0, 0.1) is 16.7 Å². The highest BCUT2D eigenvalue weighted by Crippen LogP contribution is 2.54. The molecule has 1 aliphatic rings. The minimum atomic E-state index is 0.480. The van der Waals surface area contributed by atoms with Crippen LogP contribution in [0.1, 0.15) is 53.9 Å². The van der Waals surface area contributed by atoms with Crippen LogP contribution in [0.3, 0.4) is 0 Å². The quantitative estimate of drug-likeness (QED) is 0.728. The lowest BCUT2D eigenvalue weighted by molar-refractivity contribution is 0.310. The van der Waals surface area contributed by atoms with Crippen molar-refractivity contribution in [3.8, 4) is 0 Å². The zero-order valence-electron chi connectivity index (χ0n) is 10.8. The van der Waals surface area contributed by atoms with Gasteiger partial charge in [0.25, 0.3) is 0 Å². The third-order valence-electron chi connectivity index (χ3n) is 3.65. The summed E-state index contributed by atoms with van der Waals surface area (Å²) < 4.78 is 0. The number of rotatable bonds is 4. The molecule has 0 amide bonds. The Bertz CT molecular complexity index is 188. The molecule has 0 radical (unpaired) electrons. The van der Waals surface area contributed by atoms with Crippen molar-refractivity contribution in [1.29, 1.82) is 0 Å². The van der Waals surface area contributed by atoms with E-state index in [-0.39, 0.29) is 0 Å². The highest BCUT2D eigenvalue weighted by atomic mass is 14.9. The summed E-state index contributed by atoms with van der Waals surface area (Å²) in [7, 11) is 2.11. The zero-order chi connectivity index (χ0) is 11.0. The molecule has 0 aromatic heterocycles. The van der Waals surface area contributed by atoms with Gasteiger partial charge in [-0.05, 0) is 43.1 Å². The van der Waals surface area contributed by atoms with Crippen LogP contribution >= 0.6 is 0 Å². The van der Waals surface area contributed by atoms with E-state index in [0.717, 1.165) is 12.0 Å². The van der Waals surface area contributed by atoms with E-state index in [2.05, 4.69) is 47.0 Å². The van der Waals surface area contributed by atoms with E-state index in [9.17, 15) is 0 Å². The molecular formula is C13H27N. The Kier molecular flexibility index (Phi) is 3.30. The van der Waals surface area contributed by atoms with E-state index in [0.29, 0.717) is 10.8 Å². The molecule has 0 spiro atoms. The summed E-state index contributed by atoms with van der Waals surface area (Å²) in [6.07, 6.45) is 4.06. The van der Waals surface area contributed by atoms with Crippen molar-refractivity contribution in [2.45, 2.75) is 59.9 Å². The van der Waals surface area contributed by atoms with Crippen molar-refractivity contribution >= 4 is 0 Å². The van der Waals surface area contributed by atoms with Gasteiger partial charge in [0.05, 0.1) is 0 Å². The average Bonchev–Trinajstić information content (AvgIpc) is 2.59. The lowest BCUT2D eigenvalue weighted by atomic mass is 9.87. The molecular weight excluding hydrogens is 170 g/mol. The standard InChI is InChI=1S/C13H27N/c1-12(2,3)8-7-11(14-6)10-9-13(10,4)5/h10-11,14H,7-9H2,1-6H3. The molecule has 1 fully saturated rings. The average molecular weight is 197 g/mol. The Morgan fingerprint density at radius 2 is 1.86 bits per heavy atom. The Balaban J connectivity index is 2.34. The first kappa shape index (κ1) is 12.0. The maximum atomic E-state index is 3.49. The summed E-state index contributed by atoms with van der Waals surface area (Å²) in [5.41, 5.74) is 1.08. The van der Waals surface area contributed by atoms with Crippen molar-refractivity contribution < 1.29 is 0 Å². The smallest absolute Gasteiger partial charge is 0.00978 e. The van der Waals surface area contributed by atoms with Crippen molar-refractivity contribution in [2.75, 3.05) is 7.05 Å². The van der Waals surface area contributed by atoms with Gasteiger partial charge >= 0.3 is 0 Å². The van der Waals surface area contributed by atoms with Crippen LogP contribution in [0.5, 0.6) is 0 Å². The SMILES string of the molecule is CNC(CCC(C)(C)C)C1CC1(C)C. The maximum absolute atomic E-state index is 3.49. The van der Waals surface area contributed by atoms with E-state index >= 15 is 0 Å². The van der Waals surface area contributed by atoms with Gasteiger partial charge in [-0.3, -0.25) is 0 Å². The summed E-state index contributed by atoms with van der Waals surface area (Å²) in [5.74, 6) is 0.912. The molecule has 2 unspecified atom stereocenters. The Morgan fingerprint density at radius 3 is 2.14 bits per heavy atom. The predicted octanol–water partition coefficient (Wildman–Crippen LogP) is 3.45. The second kappa shape index (κ2) is 3.84. The fraction of sp³-hybridized carbons (Fsp3) is 1.00. The van der Waals surface area contributed by atoms with Gasteiger partial charge in [-0.2, -0.15) is 0 Å². The molecule has 0 aromatic carbocycles. The predicted molar refractivity (Wildman–Crippen MR) is 63.4 cm³/mol. The summed E-state index contributed by atoms with van der Waals surface area (Å²) in [4.78, 5) is 0. The molecule has 1 heteroatoms. The van der Waals surface area contributed by atoms with Crippen molar-refractivity contribution in [2.24, 2.45) is 16.7 Å². The highest BCUT2D eigenvalue weighted by molar-refractivity contribution is 5.01. The van der Waals surface area contributed by atoms with Crippen LogP contribution in [0.4, 0.5) is 0 Å². The van der Waals surface area contributed by atoms with Crippen LogP contribution in [0.25, 0.3) is 0 Å². The van der Waals surface area contributed by atoms with Crippen LogP contribution in [0.2, 0.25) is 0 Å². The van der Waals surface area contributed by atoms with Crippen molar-refractivity contribution in [3.05, 3.63) is 0 Å². The van der Waals surface area contributed by atoms with Gasteiger partial charge in [0.2, 0.25) is 0 Å². The Morgan fingerprint density at radius 1 is 1.36 bits per heavy atom. The van der Waals surface area contributed by atoms with Crippen LogP contribution < -0.4 is 5.32 Å². The zero-order valence-corrected chi connectivity index (χ0v) is 10.8. The molecule has 1 nitrogen and oxygen atoms in total. The topological polar surface area (TPSA) is 12.0 Å². The maximum Gasteiger partial charge on any atom is 0.00978 e. The van der Waals surface area contributed by atoms with Gasteiger partial charge in [0, 0.05) is 6.04 Å². The monoisotopic (exact) mass is 197 g/mol. The normalized spacial score (nSPS) is 27.4.